The highest BCUT2D eigenvalue weighted by atomic mass is 35.5. The van der Waals surface area contributed by atoms with Crippen molar-refractivity contribution >= 4 is 29.2 Å². The zero-order chi connectivity index (χ0) is 19.1. The summed E-state index contributed by atoms with van der Waals surface area (Å²) < 4.78 is 10.4. The number of nitrogens with one attached hydrogen (secondary N) is 1. The van der Waals surface area contributed by atoms with Crippen LogP contribution in [0.5, 0.6) is 5.75 Å². The van der Waals surface area contributed by atoms with Crippen molar-refractivity contribution in [2.24, 2.45) is 0 Å². The van der Waals surface area contributed by atoms with Crippen molar-refractivity contribution in [3.8, 4) is 11.8 Å². The largest absolute Gasteiger partial charge is 0.481 e. The number of ether oxygens (including phenoxy) is 2. The first-order chi connectivity index (χ1) is 12.4. The molecule has 0 radical (unpaired) electrons. The van der Waals surface area contributed by atoms with Crippen LogP contribution in [0, 0.1) is 25.2 Å². The number of benzene rings is 2. The van der Waals surface area contributed by atoms with E-state index in [-0.39, 0.29) is 6.61 Å². The van der Waals surface area contributed by atoms with Crippen LogP contribution in [0.2, 0.25) is 5.02 Å². The van der Waals surface area contributed by atoms with Crippen LogP contribution in [0.1, 0.15) is 16.7 Å². The lowest BCUT2D eigenvalue weighted by atomic mass is 10.1. The highest BCUT2D eigenvalue weighted by molar-refractivity contribution is 6.30. The summed E-state index contributed by atoms with van der Waals surface area (Å²) in [6.45, 7) is 2.88. The summed E-state index contributed by atoms with van der Waals surface area (Å²) in [6, 6.07) is 11.9. The second-order valence-corrected chi connectivity index (χ2v) is 6.00. The van der Waals surface area contributed by atoms with E-state index in [2.05, 4.69) is 5.32 Å². The van der Waals surface area contributed by atoms with Crippen molar-refractivity contribution < 1.29 is 19.1 Å². The van der Waals surface area contributed by atoms with Gasteiger partial charge in [0, 0.05) is 10.7 Å². The maximum absolute atomic E-state index is 11.8. The number of rotatable bonds is 6. The Morgan fingerprint density at radius 3 is 2.50 bits per heavy atom. The monoisotopic (exact) mass is 372 g/mol. The lowest BCUT2D eigenvalue weighted by Gasteiger charge is -2.12. The Kier molecular flexibility index (Phi) is 6.59. The number of hydrogen-bond donors (Lipinski definition) is 1. The van der Waals surface area contributed by atoms with Gasteiger partial charge in [0.2, 0.25) is 0 Å². The number of halogens is 1. The average molecular weight is 373 g/mol. The van der Waals surface area contributed by atoms with Gasteiger partial charge in [-0.25, -0.2) is 4.79 Å². The van der Waals surface area contributed by atoms with E-state index in [1.54, 1.807) is 30.3 Å². The topological polar surface area (TPSA) is 88.4 Å². The van der Waals surface area contributed by atoms with Crippen LogP contribution in [0.25, 0.3) is 0 Å². The second-order valence-electron chi connectivity index (χ2n) is 5.56. The molecule has 0 saturated heterocycles. The van der Waals surface area contributed by atoms with E-state index in [4.69, 9.17) is 26.3 Å². The molecule has 134 valence electrons. The molecule has 1 amide bonds. The van der Waals surface area contributed by atoms with Gasteiger partial charge in [0.05, 0.1) is 11.6 Å². The Balaban J connectivity index is 1.81. The fourth-order valence-electron chi connectivity index (χ4n) is 2.31. The van der Waals surface area contributed by atoms with Crippen LogP contribution in [-0.2, 0) is 14.3 Å². The van der Waals surface area contributed by atoms with Crippen molar-refractivity contribution in [2.75, 3.05) is 18.5 Å². The van der Waals surface area contributed by atoms with Crippen LogP contribution >= 0.6 is 11.6 Å². The van der Waals surface area contributed by atoms with Gasteiger partial charge < -0.3 is 14.8 Å². The maximum atomic E-state index is 11.8. The van der Waals surface area contributed by atoms with Gasteiger partial charge in [0.25, 0.3) is 5.91 Å². The highest BCUT2D eigenvalue weighted by Gasteiger charge is 2.12. The molecule has 6 nitrogen and oxygen atoms in total. The van der Waals surface area contributed by atoms with Crippen LogP contribution in [0.15, 0.2) is 36.4 Å². The van der Waals surface area contributed by atoms with Crippen molar-refractivity contribution in [1.82, 2.24) is 0 Å². The van der Waals surface area contributed by atoms with E-state index >= 15 is 0 Å². The van der Waals surface area contributed by atoms with Crippen LogP contribution in [0.3, 0.4) is 0 Å². The number of nitrogens with zero attached hydrogens (tertiary/aromatic N) is 1. The maximum Gasteiger partial charge on any atom is 0.344 e. The third-order valence-corrected chi connectivity index (χ3v) is 3.62. The molecule has 0 heterocycles. The Morgan fingerprint density at radius 1 is 1.15 bits per heavy atom. The fourth-order valence-corrected chi connectivity index (χ4v) is 2.63. The van der Waals surface area contributed by atoms with E-state index in [9.17, 15) is 9.59 Å². The molecule has 0 aliphatic rings. The Morgan fingerprint density at radius 2 is 1.85 bits per heavy atom. The Hall–Kier alpha value is -3.04. The number of aryl methyl sites for hydroxylation is 2. The second kappa shape index (κ2) is 8.88. The fraction of sp³-hybridized carbons (Fsp3) is 0.211. The minimum absolute atomic E-state index is 0.319. The van der Waals surface area contributed by atoms with Gasteiger partial charge in [0.15, 0.2) is 13.2 Å². The van der Waals surface area contributed by atoms with E-state index in [0.717, 1.165) is 11.1 Å². The lowest BCUT2D eigenvalue weighted by Crippen LogP contribution is -2.23. The summed E-state index contributed by atoms with van der Waals surface area (Å²) in [5, 5.41) is 12.0. The number of anilines is 1. The molecule has 0 aliphatic heterocycles. The number of carbonyl (C=O) groups excluding carboxylic acids is 2. The van der Waals surface area contributed by atoms with Crippen molar-refractivity contribution in [1.29, 1.82) is 5.26 Å². The number of esters is 1. The first-order valence-electron chi connectivity index (χ1n) is 7.74. The normalized spacial score (nSPS) is 9.92. The first kappa shape index (κ1) is 19.3. The number of nitriles is 1. The van der Waals surface area contributed by atoms with E-state index < -0.39 is 18.5 Å². The standard InChI is InChI=1S/C19H17ClN2O4/c1-12-6-15(20)7-13(2)19(12)26-11-18(24)25-10-17(23)22-16-5-3-4-14(8-16)9-21/h3-8H,10-11H2,1-2H3,(H,22,23). The van der Waals surface area contributed by atoms with Gasteiger partial charge >= 0.3 is 5.97 Å². The van der Waals surface area contributed by atoms with Crippen LogP contribution in [0.4, 0.5) is 5.69 Å². The smallest absolute Gasteiger partial charge is 0.344 e. The minimum Gasteiger partial charge on any atom is -0.481 e. The zero-order valence-electron chi connectivity index (χ0n) is 14.3. The molecule has 0 fully saturated rings. The summed E-state index contributed by atoms with van der Waals surface area (Å²) in [5.74, 6) is -0.615. The molecule has 0 aliphatic carbocycles. The Labute approximate surface area is 156 Å². The molecule has 0 unspecified atom stereocenters. The summed E-state index contributed by atoms with van der Waals surface area (Å²) in [4.78, 5) is 23.6. The van der Waals surface area contributed by atoms with Gasteiger partial charge in [-0.15, -0.1) is 0 Å². The molecule has 0 spiro atoms. The molecule has 2 rings (SSSR count). The molecule has 26 heavy (non-hydrogen) atoms. The minimum atomic E-state index is -0.667. The summed E-state index contributed by atoms with van der Waals surface area (Å²) in [6.07, 6.45) is 0. The average Bonchev–Trinajstić information content (AvgIpc) is 2.59. The third kappa shape index (κ3) is 5.50. The summed E-state index contributed by atoms with van der Waals surface area (Å²) in [7, 11) is 0. The molecule has 2 aromatic rings. The first-order valence-corrected chi connectivity index (χ1v) is 8.12. The van der Waals surface area contributed by atoms with Gasteiger partial charge in [0.1, 0.15) is 5.75 Å². The van der Waals surface area contributed by atoms with Crippen LogP contribution in [-0.4, -0.2) is 25.1 Å². The molecule has 0 aromatic heterocycles. The van der Waals surface area contributed by atoms with Gasteiger partial charge in [-0.05, 0) is 55.3 Å². The molecule has 0 atom stereocenters. The zero-order valence-corrected chi connectivity index (χ0v) is 15.1. The van der Waals surface area contributed by atoms with Crippen molar-refractivity contribution in [3.05, 3.63) is 58.1 Å². The Bertz CT molecular complexity index is 851. The highest BCUT2D eigenvalue weighted by Crippen LogP contribution is 2.26. The molecular weight excluding hydrogens is 356 g/mol. The molecule has 7 heteroatoms. The van der Waals surface area contributed by atoms with E-state index in [0.29, 0.717) is 22.0 Å². The molecule has 1 N–H and O–H groups in total. The predicted octanol–water partition coefficient (Wildman–Crippen LogP) is 3.39. The summed E-state index contributed by atoms with van der Waals surface area (Å²) in [5.41, 5.74) is 2.48. The molecule has 0 saturated carbocycles. The van der Waals surface area contributed by atoms with Gasteiger partial charge in [-0.2, -0.15) is 5.26 Å². The number of carbonyl (C=O) groups is 2. The quantitative estimate of drug-likeness (QED) is 0.785. The SMILES string of the molecule is Cc1cc(Cl)cc(C)c1OCC(=O)OCC(=O)Nc1cccc(C#N)c1. The molecule has 2 aromatic carbocycles. The number of hydrogen-bond acceptors (Lipinski definition) is 5. The lowest BCUT2D eigenvalue weighted by molar-refractivity contribution is -0.149. The van der Waals surface area contributed by atoms with Gasteiger partial charge in [-0.1, -0.05) is 17.7 Å². The van der Waals surface area contributed by atoms with E-state index in [1.807, 2.05) is 19.9 Å². The van der Waals surface area contributed by atoms with Crippen LogP contribution < -0.4 is 10.1 Å². The van der Waals surface area contributed by atoms with Crippen molar-refractivity contribution in [2.45, 2.75) is 13.8 Å². The third-order valence-electron chi connectivity index (χ3n) is 3.40. The number of amides is 1. The van der Waals surface area contributed by atoms with Crippen molar-refractivity contribution in [3.63, 3.8) is 0 Å². The molecular formula is C19H17ClN2O4. The predicted molar refractivity (Wildman–Crippen MR) is 97.2 cm³/mol. The summed E-state index contributed by atoms with van der Waals surface area (Å²) >= 11 is 5.95. The van der Waals surface area contributed by atoms with Gasteiger partial charge in [-0.3, -0.25) is 4.79 Å². The van der Waals surface area contributed by atoms with E-state index in [1.165, 1.54) is 6.07 Å². The molecule has 0 bridgehead atoms.